The molecule has 0 heterocycles. The van der Waals surface area contributed by atoms with Crippen LogP contribution in [0.3, 0.4) is 0 Å². The average Bonchev–Trinajstić information content (AvgIpc) is 3.38. The number of ether oxygens (including phenoxy) is 4. The second-order valence-electron chi connectivity index (χ2n) is 23.8. The Morgan fingerprint density at radius 3 is 0.987 bits per heavy atom. The molecular formula is C66H127NO8. The predicted octanol–water partition coefficient (Wildman–Crippen LogP) is 18.4. The predicted molar refractivity (Wildman–Crippen MR) is 316 cm³/mol. The standard InChI is InChI=1S/C66H127NO8/c1-6-8-10-12-14-16-18-20-22-23-24-25-26-27-28-29-30-31-32-33-34-35-36-37-38-39-40-41-43-44-46-48-50-52-54-56-63(68)73-60-62(61-74-66(65(70)71)72-59-58-67(3,4)5)75-64(69)57-55-53-51-49-47-45-42-21-19-17-15-13-11-9-7-2/h21,42,62,66H,6-20,22-41,43-61H2,1-5H3/b42-21-. The van der Waals surface area contributed by atoms with E-state index in [1.807, 2.05) is 21.1 Å². The lowest BCUT2D eigenvalue weighted by Gasteiger charge is -2.26. The first-order valence-corrected chi connectivity index (χ1v) is 32.8. The average molecular weight is 1060 g/mol. The Bertz CT molecular complexity index is 1240. The summed E-state index contributed by atoms with van der Waals surface area (Å²) in [5.41, 5.74) is 0. The molecule has 0 saturated carbocycles. The molecule has 0 aromatic heterocycles. The van der Waals surface area contributed by atoms with E-state index in [2.05, 4.69) is 26.0 Å². The Balaban J connectivity index is 3.95. The molecule has 2 unspecified atom stereocenters. The number of quaternary nitrogens is 1. The number of likely N-dealkylation sites (N-methyl/N-ethyl adjacent to an activating group) is 1. The van der Waals surface area contributed by atoms with Crippen molar-refractivity contribution >= 4 is 17.9 Å². The number of hydrogen-bond donors (Lipinski definition) is 0. The molecule has 0 saturated heterocycles. The van der Waals surface area contributed by atoms with E-state index in [1.165, 1.54) is 250 Å². The number of nitrogens with zero attached hydrogens (tertiary/aromatic N) is 1. The molecule has 0 aliphatic heterocycles. The molecule has 2 atom stereocenters. The van der Waals surface area contributed by atoms with Crippen LogP contribution in [0.1, 0.15) is 335 Å². The number of carboxylic acid groups (broad SMARTS) is 1. The Morgan fingerprint density at radius 2 is 0.680 bits per heavy atom. The molecule has 0 radical (unpaired) electrons. The summed E-state index contributed by atoms with van der Waals surface area (Å²) in [6, 6.07) is 0. The topological polar surface area (TPSA) is 111 Å². The molecule has 0 aliphatic carbocycles. The molecule has 9 nitrogen and oxygen atoms in total. The SMILES string of the molecule is CCCCCCCC/C=C\CCCCCCCC(=O)OC(COC(=O)CCCCCCCCCCCCCCCCCCCCCCCCCCCCCCCCCCCCC)COC(OCC[N+](C)(C)C)C(=O)[O-]. The van der Waals surface area contributed by atoms with Crippen LogP contribution in [0.25, 0.3) is 0 Å². The highest BCUT2D eigenvalue weighted by atomic mass is 16.7. The van der Waals surface area contributed by atoms with Crippen LogP contribution in [-0.4, -0.2) is 82.3 Å². The van der Waals surface area contributed by atoms with Gasteiger partial charge < -0.3 is 33.3 Å². The van der Waals surface area contributed by atoms with Crippen molar-refractivity contribution in [2.75, 3.05) is 47.5 Å². The van der Waals surface area contributed by atoms with E-state index in [4.69, 9.17) is 18.9 Å². The molecule has 0 spiro atoms. The van der Waals surface area contributed by atoms with Crippen LogP contribution in [0.5, 0.6) is 0 Å². The Labute approximate surface area is 465 Å². The van der Waals surface area contributed by atoms with E-state index in [0.717, 1.165) is 51.4 Å². The van der Waals surface area contributed by atoms with Crippen molar-refractivity contribution in [3.8, 4) is 0 Å². The summed E-state index contributed by atoms with van der Waals surface area (Å²) in [5, 5.41) is 11.8. The third-order valence-corrected chi connectivity index (χ3v) is 15.0. The molecule has 0 aliphatic rings. The van der Waals surface area contributed by atoms with Crippen LogP contribution in [0.4, 0.5) is 0 Å². The van der Waals surface area contributed by atoms with E-state index in [9.17, 15) is 19.5 Å². The normalized spacial score (nSPS) is 12.7. The number of aliphatic carboxylic acids is 1. The zero-order valence-electron chi connectivity index (χ0n) is 50.7. The molecule has 0 amide bonds. The molecule has 0 aromatic carbocycles. The first kappa shape index (κ1) is 73.0. The minimum Gasteiger partial charge on any atom is -0.545 e. The van der Waals surface area contributed by atoms with Crippen molar-refractivity contribution in [3.63, 3.8) is 0 Å². The molecule has 0 bridgehead atoms. The monoisotopic (exact) mass is 1060 g/mol. The Hall–Kier alpha value is -1.97. The highest BCUT2D eigenvalue weighted by Gasteiger charge is 2.22. The molecule has 75 heavy (non-hydrogen) atoms. The lowest BCUT2D eigenvalue weighted by Crippen LogP contribution is -2.44. The van der Waals surface area contributed by atoms with E-state index >= 15 is 0 Å². The fourth-order valence-electron chi connectivity index (χ4n) is 9.95. The fraction of sp³-hybridized carbons (Fsp3) is 0.924. The van der Waals surface area contributed by atoms with Crippen LogP contribution in [0.15, 0.2) is 12.2 Å². The van der Waals surface area contributed by atoms with Gasteiger partial charge in [-0.15, -0.1) is 0 Å². The molecular weight excluding hydrogens is 935 g/mol. The second kappa shape index (κ2) is 58.2. The Kier molecular flexibility index (Phi) is 56.7. The molecule has 0 N–H and O–H groups in total. The smallest absolute Gasteiger partial charge is 0.306 e. The summed E-state index contributed by atoms with van der Waals surface area (Å²) in [6.45, 7) is 4.79. The van der Waals surface area contributed by atoms with E-state index in [-0.39, 0.29) is 32.2 Å². The number of carboxylic acids is 1. The third-order valence-electron chi connectivity index (χ3n) is 15.0. The van der Waals surface area contributed by atoms with Crippen LogP contribution in [0.2, 0.25) is 0 Å². The summed E-state index contributed by atoms with van der Waals surface area (Å²) >= 11 is 0. The number of unbranched alkanes of at least 4 members (excludes halogenated alkanes) is 45. The number of rotatable bonds is 62. The lowest BCUT2D eigenvalue weighted by molar-refractivity contribution is -0.870. The summed E-state index contributed by atoms with van der Waals surface area (Å²) in [5.74, 6) is -2.27. The van der Waals surface area contributed by atoms with Gasteiger partial charge in [0.15, 0.2) is 12.4 Å². The van der Waals surface area contributed by atoms with Crippen LogP contribution >= 0.6 is 0 Å². The van der Waals surface area contributed by atoms with E-state index < -0.39 is 24.3 Å². The highest BCUT2D eigenvalue weighted by molar-refractivity contribution is 5.70. The molecule has 444 valence electrons. The van der Waals surface area contributed by atoms with Gasteiger partial charge in [-0.2, -0.15) is 0 Å². The van der Waals surface area contributed by atoms with E-state index in [1.54, 1.807) is 0 Å². The maximum Gasteiger partial charge on any atom is 0.306 e. The first-order chi connectivity index (χ1) is 36.6. The highest BCUT2D eigenvalue weighted by Crippen LogP contribution is 2.19. The van der Waals surface area contributed by atoms with Crippen LogP contribution < -0.4 is 5.11 Å². The van der Waals surface area contributed by atoms with Gasteiger partial charge in [0.25, 0.3) is 0 Å². The van der Waals surface area contributed by atoms with Gasteiger partial charge in [-0.1, -0.05) is 296 Å². The van der Waals surface area contributed by atoms with Gasteiger partial charge in [0.2, 0.25) is 0 Å². The largest absolute Gasteiger partial charge is 0.545 e. The van der Waals surface area contributed by atoms with Gasteiger partial charge in [-0.25, -0.2) is 0 Å². The minimum absolute atomic E-state index is 0.150. The van der Waals surface area contributed by atoms with Crippen LogP contribution in [0, 0.1) is 0 Å². The third kappa shape index (κ3) is 59.5. The molecule has 0 rings (SSSR count). The number of allylic oxidation sites excluding steroid dienone is 2. The summed E-state index contributed by atoms with van der Waals surface area (Å²) < 4.78 is 22.7. The molecule has 0 aromatic rings. The molecule has 0 fully saturated rings. The zero-order valence-corrected chi connectivity index (χ0v) is 50.7. The summed E-state index contributed by atoms with van der Waals surface area (Å²) in [4.78, 5) is 37.3. The maximum absolute atomic E-state index is 12.8. The van der Waals surface area contributed by atoms with Gasteiger partial charge in [0, 0.05) is 12.8 Å². The second-order valence-corrected chi connectivity index (χ2v) is 23.8. The lowest BCUT2D eigenvalue weighted by atomic mass is 10.0. The zero-order chi connectivity index (χ0) is 54.8. The summed E-state index contributed by atoms with van der Waals surface area (Å²) in [6.07, 6.45) is 65.9. The number of hydrogen-bond acceptors (Lipinski definition) is 8. The van der Waals surface area contributed by atoms with Crippen molar-refractivity contribution in [2.24, 2.45) is 0 Å². The van der Waals surface area contributed by atoms with Crippen molar-refractivity contribution in [3.05, 3.63) is 12.2 Å². The van der Waals surface area contributed by atoms with Crippen molar-refractivity contribution < 1.29 is 42.9 Å². The quantitative estimate of drug-likeness (QED) is 0.0195. The van der Waals surface area contributed by atoms with E-state index in [0.29, 0.717) is 23.9 Å². The number of esters is 2. The van der Waals surface area contributed by atoms with Gasteiger partial charge in [0.1, 0.15) is 13.2 Å². The van der Waals surface area contributed by atoms with Crippen molar-refractivity contribution in [1.29, 1.82) is 0 Å². The number of carbonyl (C=O) groups is 3. The van der Waals surface area contributed by atoms with Gasteiger partial charge in [-0.3, -0.25) is 9.59 Å². The minimum atomic E-state index is -1.62. The first-order valence-electron chi connectivity index (χ1n) is 32.8. The van der Waals surface area contributed by atoms with Crippen molar-refractivity contribution in [1.82, 2.24) is 0 Å². The Morgan fingerprint density at radius 1 is 0.387 bits per heavy atom. The van der Waals surface area contributed by atoms with Gasteiger partial charge >= 0.3 is 11.9 Å². The van der Waals surface area contributed by atoms with Crippen LogP contribution in [-0.2, 0) is 33.3 Å². The number of carbonyl (C=O) groups excluding carboxylic acids is 3. The maximum atomic E-state index is 12.8. The van der Waals surface area contributed by atoms with Crippen molar-refractivity contribution in [2.45, 2.75) is 347 Å². The van der Waals surface area contributed by atoms with Gasteiger partial charge in [-0.05, 0) is 38.5 Å². The summed E-state index contributed by atoms with van der Waals surface area (Å²) in [7, 11) is 5.93. The molecule has 9 heteroatoms. The van der Waals surface area contributed by atoms with Gasteiger partial charge in [0.05, 0.1) is 40.3 Å². The fourth-order valence-corrected chi connectivity index (χ4v) is 9.95.